The van der Waals surface area contributed by atoms with Crippen LogP contribution in [0.25, 0.3) is 0 Å². The lowest BCUT2D eigenvalue weighted by Crippen LogP contribution is -2.28. The Kier molecular flexibility index (Phi) is 5.26. The Bertz CT molecular complexity index is 824. The van der Waals surface area contributed by atoms with Gasteiger partial charge in [-0.3, -0.25) is 4.72 Å². The number of rotatable bonds is 6. The summed E-state index contributed by atoms with van der Waals surface area (Å²) < 4.78 is 59.7. The fourth-order valence-electron chi connectivity index (χ4n) is 3.44. The molecule has 7 nitrogen and oxygen atoms in total. The van der Waals surface area contributed by atoms with Gasteiger partial charge in [-0.25, -0.2) is 16.8 Å². The highest BCUT2D eigenvalue weighted by molar-refractivity contribution is 7.93. The van der Waals surface area contributed by atoms with Gasteiger partial charge in [-0.05, 0) is 43.9 Å². The minimum atomic E-state index is -3.62. The molecule has 140 valence electrons. The van der Waals surface area contributed by atoms with Crippen molar-refractivity contribution in [2.75, 3.05) is 24.9 Å². The summed E-state index contributed by atoms with van der Waals surface area (Å²) >= 11 is 0. The molecule has 3 rings (SSSR count). The molecule has 1 saturated heterocycles. The van der Waals surface area contributed by atoms with Crippen LogP contribution in [0.1, 0.15) is 38.5 Å². The fourth-order valence-corrected chi connectivity index (χ4v) is 6.57. The zero-order valence-electron chi connectivity index (χ0n) is 14.3. The maximum Gasteiger partial charge on any atom is 0.243 e. The molecule has 25 heavy (non-hydrogen) atoms. The molecule has 1 N–H and O–H groups in total. The topological polar surface area (TPSA) is 92.8 Å². The van der Waals surface area contributed by atoms with Gasteiger partial charge in [-0.2, -0.15) is 4.31 Å². The first-order chi connectivity index (χ1) is 11.8. The molecular weight excluding hydrogens is 364 g/mol. The van der Waals surface area contributed by atoms with Crippen molar-refractivity contribution < 1.29 is 21.6 Å². The van der Waals surface area contributed by atoms with E-state index in [1.807, 2.05) is 0 Å². The maximum absolute atomic E-state index is 12.7. The summed E-state index contributed by atoms with van der Waals surface area (Å²) in [6.45, 7) is 0.995. The third-order valence-corrected chi connectivity index (χ3v) is 8.62. The van der Waals surface area contributed by atoms with Gasteiger partial charge in [0.05, 0.1) is 22.9 Å². The van der Waals surface area contributed by atoms with Crippen molar-refractivity contribution in [3.8, 4) is 5.75 Å². The quantitative estimate of drug-likeness (QED) is 0.806. The smallest absolute Gasteiger partial charge is 0.243 e. The van der Waals surface area contributed by atoms with E-state index in [4.69, 9.17) is 4.74 Å². The summed E-state index contributed by atoms with van der Waals surface area (Å²) in [6, 6.07) is 4.31. The highest BCUT2D eigenvalue weighted by atomic mass is 32.2. The van der Waals surface area contributed by atoms with E-state index in [-0.39, 0.29) is 10.6 Å². The lowest BCUT2D eigenvalue weighted by Gasteiger charge is -2.19. The Morgan fingerprint density at radius 2 is 1.68 bits per heavy atom. The van der Waals surface area contributed by atoms with E-state index < -0.39 is 25.3 Å². The third kappa shape index (κ3) is 3.78. The molecule has 0 spiro atoms. The highest BCUT2D eigenvalue weighted by Crippen LogP contribution is 2.33. The van der Waals surface area contributed by atoms with Crippen LogP contribution >= 0.6 is 0 Å². The second kappa shape index (κ2) is 7.13. The van der Waals surface area contributed by atoms with Crippen LogP contribution in [0.15, 0.2) is 23.1 Å². The van der Waals surface area contributed by atoms with E-state index in [0.29, 0.717) is 31.7 Å². The van der Waals surface area contributed by atoms with Crippen LogP contribution in [0, 0.1) is 0 Å². The van der Waals surface area contributed by atoms with Gasteiger partial charge >= 0.3 is 0 Å². The number of sulfonamides is 2. The molecule has 0 unspecified atom stereocenters. The number of methoxy groups -OCH3 is 1. The van der Waals surface area contributed by atoms with Crippen molar-refractivity contribution >= 4 is 25.7 Å². The van der Waals surface area contributed by atoms with Crippen molar-refractivity contribution in [2.45, 2.75) is 48.7 Å². The second-order valence-electron chi connectivity index (χ2n) is 6.53. The van der Waals surface area contributed by atoms with Gasteiger partial charge in [-0.1, -0.05) is 12.8 Å². The Morgan fingerprint density at radius 3 is 2.28 bits per heavy atom. The minimum Gasteiger partial charge on any atom is -0.495 e. The van der Waals surface area contributed by atoms with E-state index in [0.717, 1.165) is 25.7 Å². The van der Waals surface area contributed by atoms with Gasteiger partial charge in [0, 0.05) is 13.1 Å². The first kappa shape index (κ1) is 18.5. The largest absolute Gasteiger partial charge is 0.495 e. The SMILES string of the molecule is COc1ccc(S(=O)(=O)N2CCCC2)cc1NS(=O)(=O)C1CCCC1. The fraction of sp³-hybridized carbons (Fsp3) is 0.625. The summed E-state index contributed by atoms with van der Waals surface area (Å²) in [6.07, 6.45) is 4.73. The highest BCUT2D eigenvalue weighted by Gasteiger charge is 2.31. The van der Waals surface area contributed by atoms with E-state index >= 15 is 0 Å². The molecule has 0 bridgehead atoms. The average molecular weight is 389 g/mol. The van der Waals surface area contributed by atoms with Crippen molar-refractivity contribution in [3.63, 3.8) is 0 Å². The van der Waals surface area contributed by atoms with E-state index in [2.05, 4.69) is 4.72 Å². The summed E-state index contributed by atoms with van der Waals surface area (Å²) in [5.41, 5.74) is 0.176. The maximum atomic E-state index is 12.7. The predicted molar refractivity (Wildman–Crippen MR) is 95.8 cm³/mol. The number of hydrogen-bond acceptors (Lipinski definition) is 5. The van der Waals surface area contributed by atoms with Crippen molar-refractivity contribution in [1.29, 1.82) is 0 Å². The Labute approximate surface area is 149 Å². The number of anilines is 1. The Hall–Kier alpha value is -1.32. The third-order valence-electron chi connectivity index (χ3n) is 4.87. The molecule has 2 aliphatic rings. The van der Waals surface area contributed by atoms with Crippen LogP contribution in [-0.2, 0) is 20.0 Å². The molecule has 0 radical (unpaired) electrons. The molecule has 2 fully saturated rings. The molecule has 0 atom stereocenters. The summed E-state index contributed by atoms with van der Waals surface area (Å²) in [5.74, 6) is 0.307. The van der Waals surface area contributed by atoms with Crippen molar-refractivity contribution in [3.05, 3.63) is 18.2 Å². The molecule has 1 heterocycles. The summed E-state index contributed by atoms with van der Waals surface area (Å²) in [5, 5.41) is -0.434. The van der Waals surface area contributed by atoms with Crippen LogP contribution in [-0.4, -0.2) is 46.6 Å². The van der Waals surface area contributed by atoms with Gasteiger partial charge in [0.1, 0.15) is 5.75 Å². The van der Waals surface area contributed by atoms with E-state index in [9.17, 15) is 16.8 Å². The Morgan fingerprint density at radius 1 is 1.04 bits per heavy atom. The van der Waals surface area contributed by atoms with Crippen LogP contribution in [0.3, 0.4) is 0 Å². The monoisotopic (exact) mass is 388 g/mol. The van der Waals surface area contributed by atoms with Crippen molar-refractivity contribution in [1.82, 2.24) is 4.31 Å². The number of benzene rings is 1. The lowest BCUT2D eigenvalue weighted by atomic mass is 10.3. The number of nitrogens with one attached hydrogen (secondary N) is 1. The van der Waals surface area contributed by atoms with E-state index in [1.165, 1.54) is 29.6 Å². The molecule has 1 aromatic rings. The molecule has 9 heteroatoms. The summed E-state index contributed by atoms with van der Waals surface area (Å²) in [7, 11) is -5.76. The number of hydrogen-bond donors (Lipinski definition) is 1. The predicted octanol–water partition coefficient (Wildman–Crippen LogP) is 2.16. The van der Waals surface area contributed by atoms with Gasteiger partial charge in [0.15, 0.2) is 0 Å². The zero-order chi connectivity index (χ0) is 18.1. The molecule has 0 aromatic heterocycles. The standard InChI is InChI=1S/C16H24N2O5S2/c1-23-16-9-8-14(25(21,22)18-10-4-5-11-18)12-15(16)17-24(19,20)13-6-2-3-7-13/h8-9,12-13,17H,2-7,10-11H2,1H3. The first-order valence-corrected chi connectivity index (χ1v) is 11.5. The van der Waals surface area contributed by atoms with Gasteiger partial charge < -0.3 is 4.74 Å². The normalized spacial score (nSPS) is 20.0. The van der Waals surface area contributed by atoms with Crippen LogP contribution in [0.4, 0.5) is 5.69 Å². The van der Waals surface area contributed by atoms with Gasteiger partial charge in [0.2, 0.25) is 20.0 Å². The first-order valence-electron chi connectivity index (χ1n) is 8.54. The minimum absolute atomic E-state index is 0.0827. The molecule has 1 aliphatic carbocycles. The van der Waals surface area contributed by atoms with Crippen LogP contribution < -0.4 is 9.46 Å². The summed E-state index contributed by atoms with van der Waals surface area (Å²) in [4.78, 5) is 0.0827. The molecule has 0 amide bonds. The molecule has 1 aliphatic heterocycles. The number of nitrogens with zero attached hydrogens (tertiary/aromatic N) is 1. The number of ether oxygens (including phenoxy) is 1. The molecule has 1 aromatic carbocycles. The zero-order valence-corrected chi connectivity index (χ0v) is 15.9. The van der Waals surface area contributed by atoms with Crippen LogP contribution in [0.2, 0.25) is 0 Å². The van der Waals surface area contributed by atoms with Crippen LogP contribution in [0.5, 0.6) is 5.75 Å². The van der Waals surface area contributed by atoms with Gasteiger partial charge in [0.25, 0.3) is 0 Å². The molecule has 1 saturated carbocycles. The Balaban J connectivity index is 1.93. The molecular formula is C16H24N2O5S2. The lowest BCUT2D eigenvalue weighted by molar-refractivity contribution is 0.416. The van der Waals surface area contributed by atoms with Gasteiger partial charge in [-0.15, -0.1) is 0 Å². The average Bonchev–Trinajstić information content (AvgIpc) is 3.28. The second-order valence-corrected chi connectivity index (χ2v) is 10.4. The van der Waals surface area contributed by atoms with Crippen molar-refractivity contribution in [2.24, 2.45) is 0 Å². The van der Waals surface area contributed by atoms with E-state index in [1.54, 1.807) is 0 Å².